The fourth-order valence-corrected chi connectivity index (χ4v) is 15.1. The van der Waals surface area contributed by atoms with Crippen molar-refractivity contribution in [2.45, 2.75) is 130 Å². The summed E-state index contributed by atoms with van der Waals surface area (Å²) in [5, 5.41) is -16.2. The van der Waals surface area contributed by atoms with Gasteiger partial charge in [0, 0.05) is 29.5 Å². The summed E-state index contributed by atoms with van der Waals surface area (Å²) in [7, 11) is -0.316. The number of nitrogens with zero attached hydrogens (tertiary/aromatic N) is 7. The van der Waals surface area contributed by atoms with Gasteiger partial charge in [0.1, 0.15) is 96.8 Å². The molecule has 130 heavy (non-hydrogen) atoms. The van der Waals surface area contributed by atoms with Crippen molar-refractivity contribution < 1.29 is 245 Å². The van der Waals surface area contributed by atoms with Crippen LogP contribution in [-0.2, 0) is 25.1 Å². The van der Waals surface area contributed by atoms with Gasteiger partial charge >= 0.3 is 92.1 Å². The highest BCUT2D eigenvalue weighted by Crippen LogP contribution is 2.61. The highest BCUT2D eigenvalue weighted by molar-refractivity contribution is 7.14. The van der Waals surface area contributed by atoms with Gasteiger partial charge in [-0.3, -0.25) is 4.57 Å². The number of benzene rings is 6. The molecule has 0 spiro atoms. The molecule has 0 radical (unpaired) electrons. The molecule has 4 aliphatic heterocycles. The van der Waals surface area contributed by atoms with E-state index in [1.807, 2.05) is 0 Å². The van der Waals surface area contributed by atoms with Crippen LogP contribution in [0, 0.1) is 34.9 Å². The Balaban J connectivity index is 1.49. The number of ether oxygens (including phenoxy) is 6. The fourth-order valence-electron chi connectivity index (χ4n) is 13.9. The number of nitrogens with one attached hydrogen (secondary N) is 2. The Labute approximate surface area is 683 Å². The summed E-state index contributed by atoms with van der Waals surface area (Å²) in [6.45, 7) is 0.381. The predicted molar refractivity (Wildman–Crippen MR) is 341 cm³/mol. The highest BCUT2D eigenvalue weighted by Gasteiger charge is 2.68. The quantitative estimate of drug-likeness (QED) is 0.0541. The molecule has 0 aliphatic carbocycles. The van der Waals surface area contributed by atoms with E-state index in [0.29, 0.717) is 6.92 Å². The van der Waals surface area contributed by atoms with Crippen molar-refractivity contribution in [3.63, 3.8) is 0 Å². The molecule has 6 aromatic carbocycles. The molecule has 0 amide bonds. The number of carboxylic acid groups (broad SMARTS) is 1. The molecule has 1 atom stereocenters. The van der Waals surface area contributed by atoms with E-state index in [1.54, 1.807) is 0 Å². The Morgan fingerprint density at radius 3 is 1.04 bits per heavy atom. The van der Waals surface area contributed by atoms with E-state index in [1.165, 1.54) is 10.9 Å². The molecule has 17 nitrogen and oxygen atoms in total. The van der Waals surface area contributed by atoms with Crippen LogP contribution in [0.1, 0.15) is 45.1 Å². The lowest BCUT2D eigenvalue weighted by Crippen LogP contribution is -2.48. The number of carboxylic acids is 1. The summed E-state index contributed by atoms with van der Waals surface area (Å²) in [6.07, 6.45) is -136. The van der Waals surface area contributed by atoms with Gasteiger partial charge in [0.25, 0.3) is 59.9 Å². The second kappa shape index (κ2) is 30.0. The number of carbonyl (C=O) groups is 1. The van der Waals surface area contributed by atoms with E-state index >= 15 is 198 Å². The molecule has 9 aromatic rings. The number of hydrazone groups is 2. The second-order valence-electron chi connectivity index (χ2n) is 27.4. The zero-order valence-corrected chi connectivity index (χ0v) is 61.8. The number of hydrogen-bond acceptors (Lipinski definition) is 13. The largest absolute Gasteiger partial charge is 0.478 e. The van der Waals surface area contributed by atoms with Crippen molar-refractivity contribution in [3.8, 4) is 34.5 Å². The van der Waals surface area contributed by atoms with Gasteiger partial charge < -0.3 is 43.4 Å². The normalized spacial score (nSPS) is 16.1. The smallest absolute Gasteiger partial charge is 0.434 e. The second-order valence-corrected chi connectivity index (χ2v) is 28.4. The SMILES string of the molecule is CC(=Cc1sc(C(F)(F)F)c2c3n(C)c(c12)=NC1=[N+]2N[N+]4=C(N=3)c3c(c(OC(C(F)(F)F)C(F)(F)F)c5c(F)ccc(F)c5c3OC(C(F)(F)F)C(F)(F)F)C4=Nc3c4c(OC(C(F)(F)F)C(F)(F)F)c5c(F)ccc(F)c5c(OC(C(F)(F)F)C(F)(F)F)c4c(n3C)NC2c2c1c(OC(C(F)(F)F)C(F)(F)F)c1c(F)ccc(F)c1c2OC(C(F)(F)F)C(F)(F)F)C(=O)O. The Morgan fingerprint density at radius 1 is 0.392 bits per heavy atom. The maximum absolute atomic E-state index is 17.6. The molecular weight excluding hydrogens is 1950 g/mol. The Hall–Kier alpha value is -12.1. The summed E-state index contributed by atoms with van der Waals surface area (Å²) >= 11 is -0.979. The summed E-state index contributed by atoms with van der Waals surface area (Å²) in [6, 6.07) is -3.83. The van der Waals surface area contributed by atoms with Gasteiger partial charge in [0.05, 0.1) is 59.4 Å². The number of halogens is 45. The van der Waals surface area contributed by atoms with Crippen molar-refractivity contribution in [3.05, 3.63) is 120 Å². The number of hydrazine groups is 2. The van der Waals surface area contributed by atoms with E-state index in [4.69, 9.17) is 0 Å². The average Bonchev–Trinajstić information content (AvgIpc) is 1.51. The van der Waals surface area contributed by atoms with Crippen LogP contribution in [0.2, 0.25) is 0 Å². The first-order valence-corrected chi connectivity index (χ1v) is 34.4. The van der Waals surface area contributed by atoms with Crippen LogP contribution in [0.3, 0.4) is 0 Å². The first kappa shape index (κ1) is 95.5. The summed E-state index contributed by atoms with van der Waals surface area (Å²) in [5.74, 6) is -54.0. The van der Waals surface area contributed by atoms with Crippen LogP contribution < -0.4 is 50.2 Å². The lowest BCUT2D eigenvalue weighted by molar-refractivity contribution is -0.786. The number of hydrogen-bond donors (Lipinski definition) is 3. The van der Waals surface area contributed by atoms with E-state index in [9.17, 15) is 9.90 Å². The summed E-state index contributed by atoms with van der Waals surface area (Å²) in [4.78, 5) is 19.5. The van der Waals surface area contributed by atoms with Crippen molar-refractivity contribution in [2.75, 3.05) is 5.32 Å². The number of aliphatic imine (C=N–C) groups is 1. The van der Waals surface area contributed by atoms with Gasteiger partial charge in [-0.15, -0.1) is 11.3 Å². The number of alkyl halides is 39. The van der Waals surface area contributed by atoms with Gasteiger partial charge in [-0.1, -0.05) is 9.37 Å². The number of anilines is 1. The summed E-state index contributed by atoms with van der Waals surface area (Å²) < 4.78 is 733. The van der Waals surface area contributed by atoms with Gasteiger partial charge in [0.2, 0.25) is 0 Å². The zero-order chi connectivity index (χ0) is 97.6. The van der Waals surface area contributed by atoms with Crippen molar-refractivity contribution in [1.29, 1.82) is 0 Å². The zero-order valence-electron chi connectivity index (χ0n) is 60.9. The van der Waals surface area contributed by atoms with Gasteiger partial charge in [-0.2, -0.15) is 181 Å². The Morgan fingerprint density at radius 2 is 0.692 bits per heavy atom. The van der Waals surface area contributed by atoms with Crippen LogP contribution in [-0.4, -0.2) is 158 Å². The first-order chi connectivity index (χ1) is 58.8. The molecular formula is C67H26F45N9O8S+2. The third-order valence-corrected chi connectivity index (χ3v) is 20.0. The van der Waals surface area contributed by atoms with Crippen molar-refractivity contribution >= 4 is 106 Å². The molecule has 7 heterocycles. The molecule has 63 heteroatoms. The lowest BCUT2D eigenvalue weighted by Gasteiger charge is -2.29. The van der Waals surface area contributed by atoms with Crippen molar-refractivity contribution in [1.82, 2.24) is 14.7 Å². The third-order valence-electron chi connectivity index (χ3n) is 18.8. The maximum Gasteiger partial charge on any atom is 0.434 e. The minimum atomic E-state index is -7.46. The van der Waals surface area contributed by atoms with Crippen LogP contribution >= 0.6 is 11.3 Å². The van der Waals surface area contributed by atoms with Crippen molar-refractivity contribution in [2.24, 2.45) is 29.1 Å². The van der Waals surface area contributed by atoms with Crippen LogP contribution in [0.5, 0.6) is 34.5 Å². The number of amidine groups is 3. The molecule has 1 unspecified atom stereocenters. The average molecular weight is 1970 g/mol. The molecule has 3 N–H and O–H groups in total. The minimum Gasteiger partial charge on any atom is -0.478 e. The molecule has 6 bridgehead atoms. The minimum absolute atomic E-state index is 0.0110. The molecule has 13 rings (SSSR count). The summed E-state index contributed by atoms with van der Waals surface area (Å²) in [5.41, 5.74) is -16.3. The van der Waals surface area contributed by atoms with Gasteiger partial charge in [-0.25, -0.2) is 31.1 Å². The third kappa shape index (κ3) is 16.1. The molecule has 0 saturated heterocycles. The number of aliphatic carboxylic acids is 1. The molecule has 4 aliphatic rings. The number of rotatable bonds is 14. The number of fused-ring (bicyclic) bond motifs is 19. The number of thiophene rings is 1. The molecule has 0 fully saturated rings. The van der Waals surface area contributed by atoms with Crippen LogP contribution in [0.25, 0.3) is 59.9 Å². The van der Waals surface area contributed by atoms with E-state index in [-0.39, 0.29) is 24.7 Å². The Bertz CT molecular complexity index is 6470. The predicted octanol–water partition coefficient (Wildman–Crippen LogP) is 20.9. The van der Waals surface area contributed by atoms with Gasteiger partial charge in [-0.05, 0) is 54.9 Å². The van der Waals surface area contributed by atoms with Gasteiger partial charge in [0.15, 0.2) is 11.3 Å². The topological polar surface area (TPSA) is 170 Å². The van der Waals surface area contributed by atoms with Crippen LogP contribution in [0.15, 0.2) is 56.9 Å². The van der Waals surface area contributed by atoms with E-state index < -0.39 is 392 Å². The molecule has 0 saturated carbocycles. The molecule has 3 aromatic heterocycles. The monoisotopic (exact) mass is 1970 g/mol. The number of aromatic nitrogens is 2. The lowest BCUT2D eigenvalue weighted by atomic mass is 9.95. The fraction of sp³-hybridized carbons (Fsp3) is 0.343. The first-order valence-electron chi connectivity index (χ1n) is 33.6. The maximum atomic E-state index is 17.6. The van der Waals surface area contributed by atoms with E-state index in [0.717, 1.165) is 0 Å². The highest BCUT2D eigenvalue weighted by atomic mass is 32.1. The Kier molecular flexibility index (Phi) is 22.0. The van der Waals surface area contributed by atoms with Crippen LogP contribution in [0.4, 0.5) is 209 Å². The molecule has 706 valence electrons. The van der Waals surface area contributed by atoms with E-state index in [2.05, 4.69) is 43.4 Å². The standard InChI is InChI=1S/C67H24F45N9O8S/c1-11(48(122)123)10-18-25-32(39(130-18)55(74,75)76)43-116-47-31-30(37(128-53(64(101,102)103)65(104,105)106)23-16(72)8-9-17(73)24(23)38(31)129-54(66(107,108)109)67(110,111)112)46-115-42-27-26(33(124-49(56(77,78)79)57(80,81)82)19-12(68)4-5-13(69)20(19)34(27)125-50(58(83,84)85)59(86,87)88)41(119(42)3)114-45-29-28(44(113-40(25)118(43)2)120(45)117-121(46)47)35(126-51(60(89,90)91)61(92,93)94)21-14(70)6-7-15(71)22(21)36(29)127-52(62(95,96)97)63(98,99)100/h4-10,45,49-54,117H,1-3H3/p+2.